The van der Waals surface area contributed by atoms with Crippen molar-refractivity contribution in [3.63, 3.8) is 0 Å². The number of halogens is 2. The van der Waals surface area contributed by atoms with Crippen molar-refractivity contribution < 1.29 is 22.5 Å². The standard InChI is InChI=1S/C17H15BrFN3O5S/c18-11-3-6-13(7-4-11)28(26,27)21-9-1-2-15(21)17(23)20-12-5-8-14(19)16(10-12)22(24)25/h3-8,10,15H,1-2,9H2,(H,20,23). The Bertz CT molecular complexity index is 1030. The Morgan fingerprint density at radius 2 is 1.93 bits per heavy atom. The average molecular weight is 472 g/mol. The van der Waals surface area contributed by atoms with E-state index in [4.69, 9.17) is 0 Å². The number of nitro benzene ring substituents is 1. The maximum Gasteiger partial charge on any atom is 0.306 e. The maximum atomic E-state index is 13.4. The van der Waals surface area contributed by atoms with Crippen LogP contribution >= 0.6 is 15.9 Å². The fourth-order valence-corrected chi connectivity index (χ4v) is 4.91. The highest BCUT2D eigenvalue weighted by atomic mass is 79.9. The molecule has 0 radical (unpaired) electrons. The number of hydrogen-bond acceptors (Lipinski definition) is 5. The topological polar surface area (TPSA) is 110 Å². The van der Waals surface area contributed by atoms with Gasteiger partial charge < -0.3 is 5.32 Å². The summed E-state index contributed by atoms with van der Waals surface area (Å²) in [5, 5.41) is 13.3. The van der Waals surface area contributed by atoms with Gasteiger partial charge in [0.1, 0.15) is 6.04 Å². The van der Waals surface area contributed by atoms with Crippen molar-refractivity contribution in [3.8, 4) is 0 Å². The van der Waals surface area contributed by atoms with E-state index in [9.17, 15) is 27.7 Å². The van der Waals surface area contributed by atoms with Crippen LogP contribution in [0.2, 0.25) is 0 Å². The van der Waals surface area contributed by atoms with Gasteiger partial charge in [0, 0.05) is 22.8 Å². The lowest BCUT2D eigenvalue weighted by Gasteiger charge is -2.23. The largest absolute Gasteiger partial charge is 0.324 e. The van der Waals surface area contributed by atoms with Crippen LogP contribution in [0.5, 0.6) is 0 Å². The molecule has 11 heteroatoms. The quantitative estimate of drug-likeness (QED) is 0.531. The van der Waals surface area contributed by atoms with Crippen molar-refractivity contribution in [2.24, 2.45) is 0 Å². The molecule has 0 saturated carbocycles. The zero-order chi connectivity index (χ0) is 20.5. The highest BCUT2D eigenvalue weighted by Gasteiger charge is 2.39. The Kier molecular flexibility index (Phi) is 5.77. The van der Waals surface area contributed by atoms with Gasteiger partial charge in [-0.3, -0.25) is 14.9 Å². The number of benzene rings is 2. The van der Waals surface area contributed by atoms with E-state index in [1.54, 1.807) is 12.1 Å². The van der Waals surface area contributed by atoms with Gasteiger partial charge in [-0.15, -0.1) is 0 Å². The van der Waals surface area contributed by atoms with Crippen LogP contribution in [-0.4, -0.2) is 36.1 Å². The van der Waals surface area contributed by atoms with Crippen LogP contribution in [0.4, 0.5) is 15.8 Å². The predicted octanol–water partition coefficient (Wildman–Crippen LogP) is 3.29. The van der Waals surface area contributed by atoms with E-state index in [2.05, 4.69) is 21.2 Å². The number of rotatable bonds is 5. The van der Waals surface area contributed by atoms with Crippen LogP contribution in [0.25, 0.3) is 0 Å². The first-order valence-corrected chi connectivity index (χ1v) is 10.5. The lowest BCUT2D eigenvalue weighted by Crippen LogP contribution is -2.43. The first-order valence-electron chi connectivity index (χ1n) is 8.22. The minimum Gasteiger partial charge on any atom is -0.324 e. The van der Waals surface area contributed by atoms with Gasteiger partial charge in [0.05, 0.1) is 9.82 Å². The molecule has 0 aliphatic carbocycles. The summed E-state index contributed by atoms with van der Waals surface area (Å²) in [6, 6.07) is 8.06. The van der Waals surface area contributed by atoms with Crippen LogP contribution in [-0.2, 0) is 14.8 Å². The van der Waals surface area contributed by atoms with Gasteiger partial charge in [-0.05, 0) is 49.2 Å². The minimum atomic E-state index is -3.89. The molecule has 1 heterocycles. The molecule has 1 amide bonds. The predicted molar refractivity (Wildman–Crippen MR) is 103 cm³/mol. The number of amides is 1. The molecule has 8 nitrogen and oxygen atoms in total. The van der Waals surface area contributed by atoms with Crippen LogP contribution in [0, 0.1) is 15.9 Å². The molecule has 0 bridgehead atoms. The zero-order valence-electron chi connectivity index (χ0n) is 14.3. The highest BCUT2D eigenvalue weighted by Crippen LogP contribution is 2.28. The number of hydrogen-bond donors (Lipinski definition) is 1. The van der Waals surface area contributed by atoms with Gasteiger partial charge in [0.25, 0.3) is 0 Å². The van der Waals surface area contributed by atoms with Crippen molar-refractivity contribution in [2.75, 3.05) is 11.9 Å². The molecule has 1 unspecified atom stereocenters. The van der Waals surface area contributed by atoms with Crippen molar-refractivity contribution in [3.05, 3.63) is 62.9 Å². The van der Waals surface area contributed by atoms with Gasteiger partial charge in [-0.1, -0.05) is 15.9 Å². The third kappa shape index (κ3) is 4.05. The average Bonchev–Trinajstić information content (AvgIpc) is 3.14. The molecule has 2 aromatic carbocycles. The second-order valence-electron chi connectivity index (χ2n) is 6.14. The molecule has 1 fully saturated rings. The molecule has 0 spiro atoms. The van der Waals surface area contributed by atoms with Crippen molar-refractivity contribution >= 4 is 43.2 Å². The smallest absolute Gasteiger partial charge is 0.306 e. The normalized spacial score (nSPS) is 17.4. The van der Waals surface area contributed by atoms with Crippen LogP contribution in [0.15, 0.2) is 51.8 Å². The molecule has 1 N–H and O–H groups in total. The molecule has 1 saturated heterocycles. The molecule has 1 aliphatic heterocycles. The molecule has 1 aliphatic rings. The Morgan fingerprint density at radius 3 is 2.57 bits per heavy atom. The van der Waals surface area contributed by atoms with Crippen molar-refractivity contribution in [1.82, 2.24) is 4.31 Å². The molecular weight excluding hydrogens is 457 g/mol. The van der Waals surface area contributed by atoms with Crippen molar-refractivity contribution in [2.45, 2.75) is 23.8 Å². The van der Waals surface area contributed by atoms with E-state index in [1.807, 2.05) is 0 Å². The van der Waals surface area contributed by atoms with E-state index < -0.39 is 38.4 Å². The lowest BCUT2D eigenvalue weighted by molar-refractivity contribution is -0.387. The monoisotopic (exact) mass is 471 g/mol. The van der Waals surface area contributed by atoms with Crippen LogP contribution < -0.4 is 5.32 Å². The van der Waals surface area contributed by atoms with E-state index >= 15 is 0 Å². The number of anilines is 1. The molecule has 1 atom stereocenters. The lowest BCUT2D eigenvalue weighted by atomic mass is 10.2. The summed E-state index contributed by atoms with van der Waals surface area (Å²) in [6.07, 6.45) is 0.808. The number of nitro groups is 1. The number of nitrogens with zero attached hydrogens (tertiary/aromatic N) is 2. The fraction of sp³-hybridized carbons (Fsp3) is 0.235. The number of sulfonamides is 1. The zero-order valence-corrected chi connectivity index (χ0v) is 16.7. The SMILES string of the molecule is O=C(Nc1ccc(F)c([N+](=O)[O-])c1)C1CCCN1S(=O)(=O)c1ccc(Br)cc1. The van der Waals surface area contributed by atoms with E-state index in [0.29, 0.717) is 12.8 Å². The highest BCUT2D eigenvalue weighted by molar-refractivity contribution is 9.10. The number of carbonyl (C=O) groups is 1. The molecular formula is C17H15BrFN3O5S. The summed E-state index contributed by atoms with van der Waals surface area (Å²) >= 11 is 3.24. The number of nitrogens with one attached hydrogen (secondary N) is 1. The Labute approximate surface area is 168 Å². The first kappa shape index (κ1) is 20.4. The van der Waals surface area contributed by atoms with Crippen LogP contribution in [0.3, 0.4) is 0 Å². The van der Waals surface area contributed by atoms with E-state index in [1.165, 1.54) is 18.2 Å². The van der Waals surface area contributed by atoms with E-state index in [-0.39, 0.29) is 17.1 Å². The second-order valence-corrected chi connectivity index (χ2v) is 8.95. The molecule has 148 valence electrons. The molecule has 28 heavy (non-hydrogen) atoms. The summed E-state index contributed by atoms with van der Waals surface area (Å²) in [6.45, 7) is 0.181. The summed E-state index contributed by atoms with van der Waals surface area (Å²) in [5.74, 6) is -1.65. The Morgan fingerprint density at radius 1 is 1.25 bits per heavy atom. The minimum absolute atomic E-state index is 0.0194. The third-order valence-electron chi connectivity index (χ3n) is 4.34. The summed E-state index contributed by atoms with van der Waals surface area (Å²) in [4.78, 5) is 22.6. The Balaban J connectivity index is 1.83. The van der Waals surface area contributed by atoms with Crippen molar-refractivity contribution in [1.29, 1.82) is 0 Å². The van der Waals surface area contributed by atoms with Gasteiger partial charge in [-0.25, -0.2) is 8.42 Å². The molecule has 2 aromatic rings. The summed E-state index contributed by atoms with van der Waals surface area (Å²) < 4.78 is 41.1. The van der Waals surface area contributed by atoms with Gasteiger partial charge in [0.2, 0.25) is 21.7 Å². The van der Waals surface area contributed by atoms with Crippen LogP contribution in [0.1, 0.15) is 12.8 Å². The van der Waals surface area contributed by atoms with Gasteiger partial charge in [-0.2, -0.15) is 8.70 Å². The fourth-order valence-electron chi connectivity index (χ4n) is 2.99. The third-order valence-corrected chi connectivity index (χ3v) is 6.79. The van der Waals surface area contributed by atoms with E-state index in [0.717, 1.165) is 20.9 Å². The second kappa shape index (κ2) is 7.94. The first-order chi connectivity index (χ1) is 13.2. The molecule has 0 aromatic heterocycles. The Hall–Kier alpha value is -2.37. The summed E-state index contributed by atoms with van der Waals surface area (Å²) in [7, 11) is -3.89. The van der Waals surface area contributed by atoms with Gasteiger partial charge in [0.15, 0.2) is 0 Å². The number of carbonyl (C=O) groups excluding carboxylic acids is 1. The maximum absolute atomic E-state index is 13.4. The van der Waals surface area contributed by atoms with Gasteiger partial charge >= 0.3 is 5.69 Å². The summed E-state index contributed by atoms with van der Waals surface area (Å²) in [5.41, 5.74) is -0.755. The molecule has 3 rings (SSSR count).